The number of nitrogens with one attached hydrogen (secondary N) is 1. The lowest BCUT2D eigenvalue weighted by molar-refractivity contribution is 0.0948. The van der Waals surface area contributed by atoms with Gasteiger partial charge in [-0.25, -0.2) is 4.98 Å². The van der Waals surface area contributed by atoms with Crippen molar-refractivity contribution < 1.29 is 4.79 Å². The van der Waals surface area contributed by atoms with Gasteiger partial charge in [0.2, 0.25) is 0 Å². The van der Waals surface area contributed by atoms with Gasteiger partial charge in [-0.05, 0) is 32.0 Å². The second-order valence-corrected chi connectivity index (χ2v) is 5.11. The molecule has 5 nitrogen and oxygen atoms in total. The van der Waals surface area contributed by atoms with Gasteiger partial charge in [0.25, 0.3) is 5.91 Å². The zero-order valence-corrected chi connectivity index (χ0v) is 11.1. The van der Waals surface area contributed by atoms with E-state index < -0.39 is 0 Å². The van der Waals surface area contributed by atoms with E-state index in [1.807, 2.05) is 0 Å². The van der Waals surface area contributed by atoms with Crippen molar-refractivity contribution in [3.05, 3.63) is 23.0 Å². The zero-order valence-electron chi connectivity index (χ0n) is 10.3. The fourth-order valence-electron chi connectivity index (χ4n) is 2.16. The molecule has 1 fully saturated rings. The number of anilines is 1. The Morgan fingerprint density at radius 1 is 1.72 bits per heavy atom. The molecule has 0 spiro atoms. The van der Waals surface area contributed by atoms with Crippen LogP contribution in [0.15, 0.2) is 12.3 Å². The van der Waals surface area contributed by atoms with E-state index in [9.17, 15) is 4.79 Å². The molecule has 0 aliphatic carbocycles. The van der Waals surface area contributed by atoms with E-state index in [0.717, 1.165) is 19.5 Å². The molecule has 1 saturated heterocycles. The first kappa shape index (κ1) is 13.1. The Bertz CT molecular complexity index is 452. The second kappa shape index (κ2) is 5.54. The summed E-state index contributed by atoms with van der Waals surface area (Å²) in [6.45, 7) is 2.78. The Hall–Kier alpha value is -1.33. The van der Waals surface area contributed by atoms with E-state index in [4.69, 9.17) is 17.3 Å². The van der Waals surface area contributed by atoms with Gasteiger partial charge in [0, 0.05) is 13.1 Å². The lowest BCUT2D eigenvalue weighted by atomic mass is 10.1. The average Bonchev–Trinajstić information content (AvgIpc) is 2.75. The summed E-state index contributed by atoms with van der Waals surface area (Å²) in [4.78, 5) is 18.0. The molecule has 0 saturated carbocycles. The van der Waals surface area contributed by atoms with Crippen LogP contribution >= 0.6 is 11.6 Å². The topological polar surface area (TPSA) is 71.2 Å². The number of rotatable bonds is 3. The van der Waals surface area contributed by atoms with Crippen molar-refractivity contribution in [1.82, 2.24) is 15.2 Å². The van der Waals surface area contributed by atoms with Crippen LogP contribution in [0.2, 0.25) is 5.15 Å². The first-order chi connectivity index (χ1) is 8.56. The van der Waals surface area contributed by atoms with Gasteiger partial charge in [0.15, 0.2) is 0 Å². The number of nitrogens with zero attached hydrogens (tertiary/aromatic N) is 2. The van der Waals surface area contributed by atoms with Crippen LogP contribution in [0.3, 0.4) is 0 Å². The minimum Gasteiger partial charge on any atom is -0.397 e. The summed E-state index contributed by atoms with van der Waals surface area (Å²) in [5.74, 6) is 0.323. The quantitative estimate of drug-likeness (QED) is 0.803. The molecule has 3 N–H and O–H groups in total. The van der Waals surface area contributed by atoms with Crippen LogP contribution in [-0.4, -0.2) is 42.5 Å². The molecule has 1 unspecified atom stereocenters. The molecular weight excluding hydrogens is 252 g/mol. The van der Waals surface area contributed by atoms with E-state index in [0.29, 0.717) is 23.7 Å². The number of amides is 1. The molecule has 18 heavy (non-hydrogen) atoms. The van der Waals surface area contributed by atoms with Crippen molar-refractivity contribution in [1.29, 1.82) is 0 Å². The smallest absolute Gasteiger partial charge is 0.253 e. The normalized spacial score (nSPS) is 20.0. The Morgan fingerprint density at radius 2 is 2.50 bits per heavy atom. The fourth-order valence-corrected chi connectivity index (χ4v) is 2.32. The van der Waals surface area contributed by atoms with Crippen LogP contribution in [0.1, 0.15) is 16.8 Å². The van der Waals surface area contributed by atoms with E-state index in [1.54, 1.807) is 0 Å². The van der Waals surface area contributed by atoms with Gasteiger partial charge in [0.1, 0.15) is 5.15 Å². The van der Waals surface area contributed by atoms with Crippen LogP contribution in [0.4, 0.5) is 5.69 Å². The van der Waals surface area contributed by atoms with Gasteiger partial charge in [-0.2, -0.15) is 0 Å². The van der Waals surface area contributed by atoms with Gasteiger partial charge >= 0.3 is 0 Å². The first-order valence-corrected chi connectivity index (χ1v) is 6.32. The Kier molecular flexibility index (Phi) is 4.04. The summed E-state index contributed by atoms with van der Waals surface area (Å²) in [6, 6.07) is 1.49. The molecule has 1 aromatic heterocycles. The van der Waals surface area contributed by atoms with Crippen molar-refractivity contribution in [2.45, 2.75) is 6.42 Å². The van der Waals surface area contributed by atoms with Gasteiger partial charge in [-0.3, -0.25) is 4.79 Å². The van der Waals surface area contributed by atoms with Crippen LogP contribution < -0.4 is 11.1 Å². The maximum atomic E-state index is 12.0. The molecule has 1 aliphatic rings. The average molecular weight is 269 g/mol. The summed E-state index contributed by atoms with van der Waals surface area (Å²) in [7, 11) is 2.09. The van der Waals surface area contributed by atoms with Crippen LogP contribution in [-0.2, 0) is 0 Å². The Labute approximate surface area is 111 Å². The molecule has 2 rings (SSSR count). The minimum atomic E-state index is -0.189. The number of hydrogen-bond acceptors (Lipinski definition) is 4. The maximum absolute atomic E-state index is 12.0. The van der Waals surface area contributed by atoms with E-state index in [1.165, 1.54) is 12.3 Å². The van der Waals surface area contributed by atoms with Crippen molar-refractivity contribution in [2.75, 3.05) is 32.4 Å². The number of pyridine rings is 1. The highest BCUT2D eigenvalue weighted by molar-refractivity contribution is 6.29. The third-order valence-corrected chi connectivity index (χ3v) is 3.39. The molecule has 0 aromatic carbocycles. The van der Waals surface area contributed by atoms with Gasteiger partial charge in [-0.1, -0.05) is 11.6 Å². The van der Waals surface area contributed by atoms with Crippen LogP contribution in [0.5, 0.6) is 0 Å². The van der Waals surface area contributed by atoms with Gasteiger partial charge < -0.3 is 16.0 Å². The number of likely N-dealkylation sites (tertiary alicyclic amines) is 1. The van der Waals surface area contributed by atoms with E-state index >= 15 is 0 Å². The number of carbonyl (C=O) groups is 1. The predicted molar refractivity (Wildman–Crippen MR) is 71.6 cm³/mol. The number of aromatic nitrogens is 1. The molecular formula is C12H17ClN4O. The number of halogens is 1. The van der Waals surface area contributed by atoms with E-state index in [2.05, 4.69) is 22.2 Å². The number of nitrogen functional groups attached to an aromatic ring is 1. The lowest BCUT2D eigenvalue weighted by Gasteiger charge is -2.12. The molecule has 1 amide bonds. The van der Waals surface area contributed by atoms with Crippen molar-refractivity contribution >= 4 is 23.2 Å². The predicted octanol–water partition coefficient (Wildman–Crippen LogP) is 0.999. The van der Waals surface area contributed by atoms with E-state index in [-0.39, 0.29) is 11.1 Å². The monoisotopic (exact) mass is 268 g/mol. The summed E-state index contributed by atoms with van der Waals surface area (Å²) in [5, 5.41) is 3.17. The lowest BCUT2D eigenvalue weighted by Crippen LogP contribution is -2.31. The highest BCUT2D eigenvalue weighted by Crippen LogP contribution is 2.16. The summed E-state index contributed by atoms with van der Waals surface area (Å²) < 4.78 is 0. The second-order valence-electron chi connectivity index (χ2n) is 4.72. The molecule has 1 aliphatic heterocycles. The fraction of sp³-hybridized carbons (Fsp3) is 0.500. The maximum Gasteiger partial charge on any atom is 0.253 e. The highest BCUT2D eigenvalue weighted by atomic mass is 35.5. The summed E-state index contributed by atoms with van der Waals surface area (Å²) in [6.07, 6.45) is 2.52. The Morgan fingerprint density at radius 3 is 3.17 bits per heavy atom. The van der Waals surface area contributed by atoms with Crippen molar-refractivity contribution in [3.8, 4) is 0 Å². The SMILES string of the molecule is CN1CCC(CNC(=O)c2cc(Cl)ncc2N)C1. The van der Waals surface area contributed by atoms with Crippen LogP contribution in [0, 0.1) is 5.92 Å². The number of hydrogen-bond donors (Lipinski definition) is 2. The van der Waals surface area contributed by atoms with Crippen molar-refractivity contribution in [2.24, 2.45) is 5.92 Å². The highest BCUT2D eigenvalue weighted by Gasteiger charge is 2.20. The molecule has 98 valence electrons. The Balaban J connectivity index is 1.93. The third kappa shape index (κ3) is 3.11. The summed E-state index contributed by atoms with van der Waals surface area (Å²) in [5.41, 5.74) is 6.44. The van der Waals surface area contributed by atoms with Crippen molar-refractivity contribution in [3.63, 3.8) is 0 Å². The molecule has 2 heterocycles. The molecule has 6 heteroatoms. The molecule has 1 aromatic rings. The standard InChI is InChI=1S/C12H17ClN4O/c1-17-3-2-8(7-17)5-16-12(18)9-4-11(13)15-6-10(9)14/h4,6,8H,2-3,5,7,14H2,1H3,(H,16,18). The van der Waals surface area contributed by atoms with Gasteiger partial charge in [-0.15, -0.1) is 0 Å². The number of nitrogens with two attached hydrogens (primary N) is 1. The first-order valence-electron chi connectivity index (χ1n) is 5.94. The largest absolute Gasteiger partial charge is 0.397 e. The molecule has 1 atom stereocenters. The van der Waals surface area contributed by atoms with Gasteiger partial charge in [0.05, 0.1) is 17.4 Å². The zero-order chi connectivity index (χ0) is 13.1. The molecule has 0 radical (unpaired) electrons. The van der Waals surface area contributed by atoms with Crippen LogP contribution in [0.25, 0.3) is 0 Å². The minimum absolute atomic E-state index is 0.189. The summed E-state index contributed by atoms with van der Waals surface area (Å²) >= 11 is 5.75. The third-order valence-electron chi connectivity index (χ3n) is 3.19. The number of carbonyl (C=O) groups excluding carboxylic acids is 1. The molecule has 0 bridgehead atoms.